The predicted octanol–water partition coefficient (Wildman–Crippen LogP) is 4.20. The van der Waals surface area contributed by atoms with Gasteiger partial charge in [0.05, 0.1) is 6.54 Å². The van der Waals surface area contributed by atoms with Crippen molar-refractivity contribution >= 4 is 16.9 Å². The van der Waals surface area contributed by atoms with Gasteiger partial charge in [0.15, 0.2) is 5.76 Å². The second-order valence-electron chi connectivity index (χ2n) is 6.05. The predicted molar refractivity (Wildman–Crippen MR) is 94.6 cm³/mol. The summed E-state index contributed by atoms with van der Waals surface area (Å²) in [4.78, 5) is 14.1. The quantitative estimate of drug-likeness (QED) is 0.706. The monoisotopic (exact) mass is 323 g/mol. The molecule has 1 amide bonds. The first-order valence-electron chi connectivity index (χ1n) is 7.98. The van der Waals surface area contributed by atoms with Crippen LogP contribution in [-0.4, -0.2) is 31.0 Å². The molecule has 2 aromatic carbocycles. The van der Waals surface area contributed by atoms with Crippen molar-refractivity contribution < 1.29 is 13.9 Å². The summed E-state index contributed by atoms with van der Waals surface area (Å²) >= 11 is 0. The van der Waals surface area contributed by atoms with Crippen molar-refractivity contribution in [3.8, 4) is 5.75 Å². The van der Waals surface area contributed by atoms with Gasteiger partial charge in [0.25, 0.3) is 5.91 Å². The number of rotatable bonds is 5. The Balaban J connectivity index is 1.59. The normalized spacial score (nSPS) is 10.8. The fraction of sp³-hybridized carbons (Fsp3) is 0.250. The standard InChI is InChI=1S/C20H21NO3/c1-14-10-15(2)12-17(11-14)23-9-8-21(3)20(22)19-13-16-6-4-5-7-18(16)24-19/h4-7,10-13H,8-9H2,1-3H3. The number of nitrogens with zero attached hydrogens (tertiary/aromatic N) is 1. The Labute approximate surface area is 141 Å². The highest BCUT2D eigenvalue weighted by Gasteiger charge is 2.16. The molecule has 4 heteroatoms. The Morgan fingerprint density at radius 3 is 2.50 bits per heavy atom. The molecule has 0 unspecified atom stereocenters. The molecule has 124 valence electrons. The first-order chi connectivity index (χ1) is 11.5. The summed E-state index contributed by atoms with van der Waals surface area (Å²) in [7, 11) is 1.75. The first kappa shape index (κ1) is 16.1. The highest BCUT2D eigenvalue weighted by molar-refractivity contribution is 5.95. The van der Waals surface area contributed by atoms with E-state index < -0.39 is 0 Å². The highest BCUT2D eigenvalue weighted by atomic mass is 16.5. The topological polar surface area (TPSA) is 42.7 Å². The largest absolute Gasteiger partial charge is 0.492 e. The van der Waals surface area contributed by atoms with Crippen LogP contribution in [0.1, 0.15) is 21.7 Å². The van der Waals surface area contributed by atoms with Crippen LogP contribution in [0.3, 0.4) is 0 Å². The summed E-state index contributed by atoms with van der Waals surface area (Å²) in [5, 5.41) is 0.931. The number of amides is 1. The molecule has 0 bridgehead atoms. The van der Waals surface area contributed by atoms with Gasteiger partial charge in [-0.05, 0) is 49.2 Å². The van der Waals surface area contributed by atoms with Gasteiger partial charge in [0.2, 0.25) is 0 Å². The fourth-order valence-corrected chi connectivity index (χ4v) is 2.69. The minimum absolute atomic E-state index is 0.143. The van der Waals surface area contributed by atoms with E-state index in [1.165, 1.54) is 0 Å². The van der Waals surface area contributed by atoms with Crippen molar-refractivity contribution in [2.24, 2.45) is 0 Å². The van der Waals surface area contributed by atoms with Gasteiger partial charge in [-0.25, -0.2) is 0 Å². The molecule has 0 aliphatic rings. The van der Waals surface area contributed by atoms with Gasteiger partial charge >= 0.3 is 0 Å². The van der Waals surface area contributed by atoms with Crippen LogP contribution in [-0.2, 0) is 0 Å². The molecule has 0 aliphatic heterocycles. The SMILES string of the molecule is Cc1cc(C)cc(OCCN(C)C(=O)c2cc3ccccc3o2)c1. The number of likely N-dealkylation sites (N-methyl/N-ethyl adjacent to an activating group) is 1. The van der Waals surface area contributed by atoms with Gasteiger partial charge in [-0.2, -0.15) is 0 Å². The zero-order valence-corrected chi connectivity index (χ0v) is 14.2. The van der Waals surface area contributed by atoms with Gasteiger partial charge in [-0.15, -0.1) is 0 Å². The average molecular weight is 323 g/mol. The number of para-hydroxylation sites is 1. The Bertz CT molecular complexity index is 813. The molecule has 0 spiro atoms. The third-order valence-corrected chi connectivity index (χ3v) is 3.87. The molecule has 0 saturated carbocycles. The minimum Gasteiger partial charge on any atom is -0.492 e. The lowest BCUT2D eigenvalue weighted by Crippen LogP contribution is -2.30. The van der Waals surface area contributed by atoms with E-state index in [9.17, 15) is 4.79 Å². The molecule has 0 fully saturated rings. The Hall–Kier alpha value is -2.75. The number of aryl methyl sites for hydroxylation is 2. The number of benzene rings is 2. The summed E-state index contributed by atoms with van der Waals surface area (Å²) in [6, 6.07) is 15.5. The van der Waals surface area contributed by atoms with Crippen LogP contribution in [0.5, 0.6) is 5.75 Å². The summed E-state index contributed by atoms with van der Waals surface area (Å²) in [5.74, 6) is 1.04. The van der Waals surface area contributed by atoms with E-state index in [0.29, 0.717) is 18.9 Å². The molecule has 24 heavy (non-hydrogen) atoms. The number of carbonyl (C=O) groups excluding carboxylic acids is 1. The van der Waals surface area contributed by atoms with E-state index in [-0.39, 0.29) is 5.91 Å². The summed E-state index contributed by atoms with van der Waals surface area (Å²) in [6.07, 6.45) is 0. The molecule has 0 N–H and O–H groups in total. The zero-order valence-electron chi connectivity index (χ0n) is 14.2. The lowest BCUT2D eigenvalue weighted by molar-refractivity contribution is 0.0745. The van der Waals surface area contributed by atoms with Gasteiger partial charge in [-0.1, -0.05) is 24.3 Å². The molecule has 3 aromatic rings. The Morgan fingerprint density at radius 2 is 1.79 bits per heavy atom. The molecular weight excluding hydrogens is 302 g/mol. The summed E-state index contributed by atoms with van der Waals surface area (Å²) in [6.45, 7) is 5.00. The smallest absolute Gasteiger partial charge is 0.289 e. The third kappa shape index (κ3) is 3.59. The zero-order chi connectivity index (χ0) is 17.1. The van der Waals surface area contributed by atoms with E-state index in [4.69, 9.17) is 9.15 Å². The maximum Gasteiger partial charge on any atom is 0.289 e. The first-order valence-corrected chi connectivity index (χ1v) is 7.98. The fourth-order valence-electron chi connectivity index (χ4n) is 2.69. The maximum atomic E-state index is 12.4. The Morgan fingerprint density at radius 1 is 1.08 bits per heavy atom. The van der Waals surface area contributed by atoms with Crippen molar-refractivity contribution in [2.75, 3.05) is 20.2 Å². The highest BCUT2D eigenvalue weighted by Crippen LogP contribution is 2.20. The summed E-state index contributed by atoms with van der Waals surface area (Å²) in [5.41, 5.74) is 3.05. The second-order valence-corrected chi connectivity index (χ2v) is 6.05. The van der Waals surface area contributed by atoms with E-state index in [1.807, 2.05) is 50.2 Å². The van der Waals surface area contributed by atoms with Gasteiger partial charge in [-0.3, -0.25) is 4.79 Å². The van der Waals surface area contributed by atoms with Gasteiger partial charge in [0.1, 0.15) is 17.9 Å². The number of furan rings is 1. The number of hydrogen-bond acceptors (Lipinski definition) is 3. The van der Waals surface area contributed by atoms with E-state index in [1.54, 1.807) is 18.0 Å². The molecule has 0 atom stereocenters. The number of carbonyl (C=O) groups is 1. The Kier molecular flexibility index (Phi) is 4.56. The minimum atomic E-state index is -0.143. The molecule has 1 aromatic heterocycles. The van der Waals surface area contributed by atoms with Crippen LogP contribution < -0.4 is 4.74 Å². The number of fused-ring (bicyclic) bond motifs is 1. The molecular formula is C20H21NO3. The number of ether oxygens (including phenoxy) is 1. The van der Waals surface area contributed by atoms with Gasteiger partial charge in [0, 0.05) is 12.4 Å². The molecule has 4 nitrogen and oxygen atoms in total. The second kappa shape index (κ2) is 6.79. The van der Waals surface area contributed by atoms with Crippen molar-refractivity contribution in [3.05, 3.63) is 65.4 Å². The van der Waals surface area contributed by atoms with Crippen LogP contribution in [0.4, 0.5) is 0 Å². The van der Waals surface area contributed by atoms with E-state index in [0.717, 1.165) is 27.8 Å². The number of hydrogen-bond donors (Lipinski definition) is 0. The van der Waals surface area contributed by atoms with E-state index in [2.05, 4.69) is 6.07 Å². The molecule has 1 heterocycles. The molecule has 0 saturated heterocycles. The van der Waals surface area contributed by atoms with Crippen LogP contribution in [0.25, 0.3) is 11.0 Å². The van der Waals surface area contributed by atoms with Crippen molar-refractivity contribution in [2.45, 2.75) is 13.8 Å². The maximum absolute atomic E-state index is 12.4. The van der Waals surface area contributed by atoms with Crippen molar-refractivity contribution in [1.29, 1.82) is 0 Å². The summed E-state index contributed by atoms with van der Waals surface area (Å²) < 4.78 is 11.4. The molecule has 0 radical (unpaired) electrons. The van der Waals surface area contributed by atoms with Crippen LogP contribution in [0, 0.1) is 13.8 Å². The van der Waals surface area contributed by atoms with Crippen molar-refractivity contribution in [3.63, 3.8) is 0 Å². The lowest BCUT2D eigenvalue weighted by Gasteiger charge is -2.16. The molecule has 0 aliphatic carbocycles. The van der Waals surface area contributed by atoms with E-state index >= 15 is 0 Å². The average Bonchev–Trinajstić information content (AvgIpc) is 2.97. The van der Waals surface area contributed by atoms with Gasteiger partial charge < -0.3 is 14.1 Å². The van der Waals surface area contributed by atoms with Crippen LogP contribution in [0.2, 0.25) is 0 Å². The van der Waals surface area contributed by atoms with Crippen LogP contribution in [0.15, 0.2) is 52.9 Å². The van der Waals surface area contributed by atoms with Crippen LogP contribution >= 0.6 is 0 Å². The molecule has 3 rings (SSSR count). The van der Waals surface area contributed by atoms with Crippen molar-refractivity contribution in [1.82, 2.24) is 4.90 Å². The lowest BCUT2D eigenvalue weighted by atomic mass is 10.1. The third-order valence-electron chi connectivity index (χ3n) is 3.87.